The molecule has 0 aromatic carbocycles. The van der Waals surface area contributed by atoms with Crippen LogP contribution in [0.2, 0.25) is 0 Å². The third-order valence-electron chi connectivity index (χ3n) is 3.50. The van der Waals surface area contributed by atoms with Crippen LogP contribution < -0.4 is 0 Å². The molecule has 0 aliphatic carbocycles. The molecule has 0 aromatic rings. The van der Waals surface area contributed by atoms with Crippen molar-refractivity contribution in [3.8, 4) is 0 Å². The van der Waals surface area contributed by atoms with Crippen LogP contribution in [0.15, 0.2) is 0 Å². The summed E-state index contributed by atoms with van der Waals surface area (Å²) in [6, 6.07) is 0. The predicted octanol–water partition coefficient (Wildman–Crippen LogP) is 4.61. The Morgan fingerprint density at radius 3 is 2.32 bits per heavy atom. The molecular weight excluding hydrogens is 280 g/mol. The molecule has 0 heterocycles. The third-order valence-corrected chi connectivity index (χ3v) is 3.50. The molecule has 0 aromatic heterocycles. The summed E-state index contributed by atoms with van der Waals surface area (Å²) < 4.78 is 10.3. The van der Waals surface area contributed by atoms with Crippen molar-refractivity contribution in [2.45, 2.75) is 91.1 Å². The second kappa shape index (κ2) is 14.9. The van der Waals surface area contributed by atoms with Gasteiger partial charge in [0.1, 0.15) is 0 Å². The van der Waals surface area contributed by atoms with E-state index in [4.69, 9.17) is 9.47 Å². The fourth-order valence-corrected chi connectivity index (χ4v) is 1.86. The van der Waals surface area contributed by atoms with Gasteiger partial charge in [-0.1, -0.05) is 33.1 Å². The SMILES string of the molecule is CCCCOC(=O)CCCC[CH]CCCC(=O)OC(C)CC. The Morgan fingerprint density at radius 2 is 1.64 bits per heavy atom. The fraction of sp³-hybridized carbons (Fsp3) is 0.833. The molecule has 0 amide bonds. The molecule has 0 N–H and O–H groups in total. The molecule has 0 bridgehead atoms. The van der Waals surface area contributed by atoms with Gasteiger partial charge in [0.25, 0.3) is 0 Å². The second-order valence-corrected chi connectivity index (χ2v) is 5.71. The van der Waals surface area contributed by atoms with E-state index in [9.17, 15) is 9.59 Å². The number of hydrogen-bond acceptors (Lipinski definition) is 4. The number of carbonyl (C=O) groups excluding carboxylic acids is 2. The van der Waals surface area contributed by atoms with Crippen LogP contribution in [0.4, 0.5) is 0 Å². The van der Waals surface area contributed by atoms with Crippen molar-refractivity contribution < 1.29 is 19.1 Å². The van der Waals surface area contributed by atoms with Gasteiger partial charge in [-0.3, -0.25) is 9.59 Å². The molecule has 0 saturated carbocycles. The highest BCUT2D eigenvalue weighted by Crippen LogP contribution is 2.09. The Hall–Kier alpha value is -1.06. The molecule has 0 saturated heterocycles. The molecule has 0 aliphatic heterocycles. The zero-order valence-electron chi connectivity index (χ0n) is 14.6. The summed E-state index contributed by atoms with van der Waals surface area (Å²) >= 11 is 0. The number of carbonyl (C=O) groups is 2. The number of ether oxygens (including phenoxy) is 2. The van der Waals surface area contributed by atoms with Crippen LogP contribution >= 0.6 is 0 Å². The number of esters is 2. The maximum Gasteiger partial charge on any atom is 0.306 e. The van der Waals surface area contributed by atoms with Crippen molar-refractivity contribution in [1.29, 1.82) is 0 Å². The highest BCUT2D eigenvalue weighted by Gasteiger charge is 2.07. The lowest BCUT2D eigenvalue weighted by Crippen LogP contribution is -2.13. The second-order valence-electron chi connectivity index (χ2n) is 5.71. The zero-order valence-corrected chi connectivity index (χ0v) is 14.6. The minimum absolute atomic E-state index is 0.0218. The first-order chi connectivity index (χ1) is 10.6. The van der Waals surface area contributed by atoms with E-state index >= 15 is 0 Å². The topological polar surface area (TPSA) is 52.6 Å². The summed E-state index contributed by atoms with van der Waals surface area (Å²) in [4.78, 5) is 22.8. The smallest absolute Gasteiger partial charge is 0.306 e. The Labute approximate surface area is 135 Å². The molecule has 0 rings (SSSR count). The largest absolute Gasteiger partial charge is 0.466 e. The van der Waals surface area contributed by atoms with E-state index in [1.807, 2.05) is 13.8 Å². The molecular formula is C18H33O4. The van der Waals surface area contributed by atoms with E-state index in [2.05, 4.69) is 13.3 Å². The van der Waals surface area contributed by atoms with Gasteiger partial charge in [0.15, 0.2) is 0 Å². The minimum Gasteiger partial charge on any atom is -0.466 e. The summed E-state index contributed by atoms with van der Waals surface area (Å²) in [5.74, 6) is -0.182. The lowest BCUT2D eigenvalue weighted by molar-refractivity contribution is -0.148. The first-order valence-corrected chi connectivity index (χ1v) is 8.76. The fourth-order valence-electron chi connectivity index (χ4n) is 1.86. The van der Waals surface area contributed by atoms with Crippen LogP contribution in [0.3, 0.4) is 0 Å². The van der Waals surface area contributed by atoms with Gasteiger partial charge in [0, 0.05) is 12.8 Å². The monoisotopic (exact) mass is 313 g/mol. The van der Waals surface area contributed by atoms with Crippen molar-refractivity contribution in [3.05, 3.63) is 6.42 Å². The molecule has 1 radical (unpaired) electrons. The van der Waals surface area contributed by atoms with Crippen LogP contribution in [-0.4, -0.2) is 24.6 Å². The molecule has 1 unspecified atom stereocenters. The predicted molar refractivity (Wildman–Crippen MR) is 88.3 cm³/mol. The Kier molecular flexibility index (Phi) is 14.1. The van der Waals surface area contributed by atoms with Crippen LogP contribution in [0.1, 0.15) is 85.0 Å². The molecule has 129 valence electrons. The van der Waals surface area contributed by atoms with E-state index in [0.29, 0.717) is 19.4 Å². The normalized spacial score (nSPS) is 12.0. The van der Waals surface area contributed by atoms with Gasteiger partial charge < -0.3 is 9.47 Å². The lowest BCUT2D eigenvalue weighted by Gasteiger charge is -2.10. The summed E-state index contributed by atoms with van der Waals surface area (Å²) in [6.07, 6.45) is 10.7. The maximum atomic E-state index is 11.4. The number of rotatable bonds is 14. The van der Waals surface area contributed by atoms with Gasteiger partial charge in [0.2, 0.25) is 0 Å². The van der Waals surface area contributed by atoms with Gasteiger partial charge in [0.05, 0.1) is 12.7 Å². The molecule has 1 atom stereocenters. The van der Waals surface area contributed by atoms with E-state index in [1.54, 1.807) is 0 Å². The molecule has 0 aliphatic rings. The zero-order chi connectivity index (χ0) is 16.6. The van der Waals surface area contributed by atoms with E-state index in [-0.39, 0.29) is 18.0 Å². The summed E-state index contributed by atoms with van der Waals surface area (Å²) in [5.41, 5.74) is 0. The van der Waals surface area contributed by atoms with E-state index in [0.717, 1.165) is 51.4 Å². The molecule has 0 fully saturated rings. The van der Waals surface area contributed by atoms with Gasteiger partial charge in [-0.25, -0.2) is 0 Å². The number of hydrogen-bond donors (Lipinski definition) is 0. The lowest BCUT2D eigenvalue weighted by atomic mass is 10.1. The third kappa shape index (κ3) is 13.9. The van der Waals surface area contributed by atoms with Crippen molar-refractivity contribution in [3.63, 3.8) is 0 Å². The highest BCUT2D eigenvalue weighted by atomic mass is 16.5. The Morgan fingerprint density at radius 1 is 0.955 bits per heavy atom. The average Bonchev–Trinajstić information content (AvgIpc) is 2.50. The van der Waals surface area contributed by atoms with Crippen LogP contribution in [0.25, 0.3) is 0 Å². The molecule has 0 spiro atoms. The quantitative estimate of drug-likeness (QED) is 0.347. The van der Waals surface area contributed by atoms with Crippen LogP contribution in [0.5, 0.6) is 0 Å². The van der Waals surface area contributed by atoms with Crippen molar-refractivity contribution >= 4 is 11.9 Å². The first kappa shape index (κ1) is 20.9. The van der Waals surface area contributed by atoms with Gasteiger partial charge in [-0.15, -0.1) is 0 Å². The standard InChI is InChI=1S/C18H33O4/c1-4-6-15-21-17(19)13-11-9-7-8-10-12-14-18(20)22-16(3)5-2/h8,16H,4-7,9-15H2,1-3H3. The van der Waals surface area contributed by atoms with Crippen molar-refractivity contribution in [2.75, 3.05) is 6.61 Å². The molecule has 4 heteroatoms. The summed E-state index contributed by atoms with van der Waals surface area (Å²) in [6.45, 7) is 6.55. The van der Waals surface area contributed by atoms with Crippen molar-refractivity contribution in [1.82, 2.24) is 0 Å². The molecule has 4 nitrogen and oxygen atoms in total. The van der Waals surface area contributed by atoms with Gasteiger partial charge in [-0.05, 0) is 45.4 Å². The molecule has 22 heavy (non-hydrogen) atoms. The van der Waals surface area contributed by atoms with Crippen molar-refractivity contribution in [2.24, 2.45) is 0 Å². The summed E-state index contributed by atoms with van der Waals surface area (Å²) in [7, 11) is 0. The number of unbranched alkanes of at least 4 members (excludes halogenated alkanes) is 6. The van der Waals surface area contributed by atoms with Crippen LogP contribution in [0, 0.1) is 6.42 Å². The van der Waals surface area contributed by atoms with Gasteiger partial charge >= 0.3 is 11.9 Å². The maximum absolute atomic E-state index is 11.4. The Bertz CT molecular complexity index is 289. The van der Waals surface area contributed by atoms with Gasteiger partial charge in [-0.2, -0.15) is 0 Å². The summed E-state index contributed by atoms with van der Waals surface area (Å²) in [5, 5.41) is 0. The average molecular weight is 313 g/mol. The minimum atomic E-state index is -0.0995. The van der Waals surface area contributed by atoms with Crippen LogP contribution in [-0.2, 0) is 19.1 Å². The Balaban J connectivity index is 3.29. The highest BCUT2D eigenvalue weighted by molar-refractivity contribution is 5.69. The van der Waals surface area contributed by atoms with E-state index < -0.39 is 0 Å². The first-order valence-electron chi connectivity index (χ1n) is 8.76. The van der Waals surface area contributed by atoms with E-state index in [1.165, 1.54) is 0 Å².